The van der Waals surface area contributed by atoms with E-state index in [-0.39, 0.29) is 6.09 Å². The molecule has 1 aliphatic rings. The SMILES string of the molecule is CC.CCC(CN(C)C)N1CCOC1=O. The first-order chi connectivity index (χ1) is 7.15. The van der Waals surface area contributed by atoms with Gasteiger partial charge in [-0.05, 0) is 20.5 Å². The zero-order valence-electron chi connectivity index (χ0n) is 10.6. The van der Waals surface area contributed by atoms with E-state index in [4.69, 9.17) is 4.74 Å². The van der Waals surface area contributed by atoms with Gasteiger partial charge in [-0.15, -0.1) is 0 Å². The first kappa shape index (κ1) is 14.2. The Balaban J connectivity index is 0.000000921. The normalized spacial score (nSPS) is 17.2. The molecule has 0 saturated carbocycles. The van der Waals surface area contributed by atoms with Gasteiger partial charge in [0.15, 0.2) is 0 Å². The van der Waals surface area contributed by atoms with Crippen LogP contribution in [0.4, 0.5) is 4.79 Å². The molecule has 1 atom stereocenters. The lowest BCUT2D eigenvalue weighted by Gasteiger charge is -2.27. The number of rotatable bonds is 4. The first-order valence-corrected chi connectivity index (χ1v) is 5.73. The van der Waals surface area contributed by atoms with Crippen molar-refractivity contribution in [3.63, 3.8) is 0 Å². The fraction of sp³-hybridized carbons (Fsp3) is 0.909. The summed E-state index contributed by atoms with van der Waals surface area (Å²) in [5, 5.41) is 0. The van der Waals surface area contributed by atoms with Gasteiger partial charge in [0.25, 0.3) is 0 Å². The molecule has 15 heavy (non-hydrogen) atoms. The van der Waals surface area contributed by atoms with Gasteiger partial charge in [-0.3, -0.25) is 0 Å². The summed E-state index contributed by atoms with van der Waals surface area (Å²) in [6.07, 6.45) is 0.821. The van der Waals surface area contributed by atoms with E-state index in [0.717, 1.165) is 19.5 Å². The number of cyclic esters (lactones) is 1. The molecule has 0 aromatic carbocycles. The van der Waals surface area contributed by atoms with Crippen LogP contribution in [0.2, 0.25) is 0 Å². The van der Waals surface area contributed by atoms with E-state index < -0.39 is 0 Å². The maximum Gasteiger partial charge on any atom is 0.410 e. The molecule has 4 heteroatoms. The highest BCUT2D eigenvalue weighted by atomic mass is 16.6. The molecular formula is C11H24N2O2. The van der Waals surface area contributed by atoms with Crippen LogP contribution in [0.25, 0.3) is 0 Å². The van der Waals surface area contributed by atoms with Crippen molar-refractivity contribution >= 4 is 6.09 Å². The van der Waals surface area contributed by atoms with Crippen LogP contribution in [-0.4, -0.2) is 55.7 Å². The summed E-state index contributed by atoms with van der Waals surface area (Å²) in [5.74, 6) is 0. The Morgan fingerprint density at radius 2 is 2.07 bits per heavy atom. The molecule has 0 aromatic rings. The number of ether oxygens (including phenoxy) is 1. The lowest BCUT2D eigenvalue weighted by atomic mass is 10.2. The van der Waals surface area contributed by atoms with Crippen LogP contribution in [0.15, 0.2) is 0 Å². The van der Waals surface area contributed by atoms with Crippen molar-refractivity contribution in [2.75, 3.05) is 33.8 Å². The van der Waals surface area contributed by atoms with Gasteiger partial charge < -0.3 is 14.5 Å². The highest BCUT2D eigenvalue weighted by molar-refractivity contribution is 5.69. The Kier molecular flexibility index (Phi) is 7.13. The quantitative estimate of drug-likeness (QED) is 0.718. The third-order valence-corrected chi connectivity index (χ3v) is 2.28. The van der Waals surface area contributed by atoms with Crippen molar-refractivity contribution in [1.82, 2.24) is 9.80 Å². The van der Waals surface area contributed by atoms with E-state index in [2.05, 4.69) is 11.8 Å². The first-order valence-electron chi connectivity index (χ1n) is 5.73. The molecule has 0 N–H and O–H groups in total. The molecule has 1 saturated heterocycles. The molecule has 0 aliphatic carbocycles. The van der Waals surface area contributed by atoms with Crippen LogP contribution < -0.4 is 0 Å². The van der Waals surface area contributed by atoms with Gasteiger partial charge in [-0.1, -0.05) is 20.8 Å². The van der Waals surface area contributed by atoms with E-state index in [9.17, 15) is 4.79 Å². The minimum Gasteiger partial charge on any atom is -0.448 e. The predicted octanol–water partition coefficient (Wildman–Crippen LogP) is 1.81. The van der Waals surface area contributed by atoms with Crippen LogP contribution in [0, 0.1) is 0 Å². The highest BCUT2D eigenvalue weighted by Crippen LogP contribution is 2.11. The summed E-state index contributed by atoms with van der Waals surface area (Å²) in [6, 6.07) is 0.296. The lowest BCUT2D eigenvalue weighted by Crippen LogP contribution is -2.42. The van der Waals surface area contributed by atoms with Crippen LogP contribution in [0.5, 0.6) is 0 Å². The third-order valence-electron chi connectivity index (χ3n) is 2.28. The van der Waals surface area contributed by atoms with Crippen LogP contribution in [0.3, 0.4) is 0 Å². The van der Waals surface area contributed by atoms with Crippen LogP contribution in [-0.2, 0) is 4.74 Å². The van der Waals surface area contributed by atoms with E-state index in [0.29, 0.717) is 12.6 Å². The topological polar surface area (TPSA) is 32.8 Å². The Labute approximate surface area is 93.2 Å². The number of carbonyl (C=O) groups excluding carboxylic acids is 1. The molecule has 1 fully saturated rings. The minimum absolute atomic E-state index is 0.159. The standard InChI is InChI=1S/C9H18N2O2.C2H6/c1-4-8(7-10(2)3)11-5-6-13-9(11)12;1-2/h8H,4-7H2,1-3H3;1-2H3. The van der Waals surface area contributed by atoms with Crippen molar-refractivity contribution in [3.05, 3.63) is 0 Å². The largest absolute Gasteiger partial charge is 0.448 e. The van der Waals surface area contributed by atoms with Crippen molar-refractivity contribution in [1.29, 1.82) is 0 Å². The number of carbonyl (C=O) groups is 1. The molecule has 1 rings (SSSR count). The molecular weight excluding hydrogens is 192 g/mol. The molecule has 4 nitrogen and oxygen atoms in total. The predicted molar refractivity (Wildman–Crippen MR) is 62.0 cm³/mol. The molecule has 1 heterocycles. The van der Waals surface area contributed by atoms with Crippen LogP contribution >= 0.6 is 0 Å². The fourth-order valence-electron chi connectivity index (χ4n) is 1.61. The van der Waals surface area contributed by atoms with Gasteiger partial charge in [0.05, 0.1) is 6.54 Å². The molecule has 1 amide bonds. The van der Waals surface area contributed by atoms with E-state index >= 15 is 0 Å². The Morgan fingerprint density at radius 1 is 1.47 bits per heavy atom. The number of likely N-dealkylation sites (N-methyl/N-ethyl adjacent to an activating group) is 1. The average Bonchev–Trinajstić information content (AvgIpc) is 2.64. The summed E-state index contributed by atoms with van der Waals surface area (Å²) < 4.78 is 4.90. The Bertz CT molecular complexity index is 183. The Hall–Kier alpha value is -0.770. The van der Waals surface area contributed by atoms with Crippen LogP contribution in [0.1, 0.15) is 27.2 Å². The summed E-state index contributed by atoms with van der Waals surface area (Å²) in [7, 11) is 4.04. The van der Waals surface area contributed by atoms with Crippen molar-refractivity contribution in [2.24, 2.45) is 0 Å². The van der Waals surface area contributed by atoms with Crippen molar-refractivity contribution in [2.45, 2.75) is 33.2 Å². The molecule has 0 radical (unpaired) electrons. The highest BCUT2D eigenvalue weighted by Gasteiger charge is 2.28. The molecule has 0 bridgehead atoms. The van der Waals surface area contributed by atoms with E-state index in [1.54, 1.807) is 0 Å². The smallest absolute Gasteiger partial charge is 0.410 e. The van der Waals surface area contributed by atoms with Gasteiger partial charge in [-0.2, -0.15) is 0 Å². The second kappa shape index (κ2) is 7.51. The summed E-state index contributed by atoms with van der Waals surface area (Å²) in [4.78, 5) is 15.2. The summed E-state index contributed by atoms with van der Waals surface area (Å²) >= 11 is 0. The van der Waals surface area contributed by atoms with Crippen molar-refractivity contribution < 1.29 is 9.53 Å². The number of hydrogen-bond donors (Lipinski definition) is 0. The Morgan fingerprint density at radius 3 is 2.40 bits per heavy atom. The zero-order chi connectivity index (χ0) is 11.8. The van der Waals surface area contributed by atoms with Crippen molar-refractivity contribution in [3.8, 4) is 0 Å². The summed E-state index contributed by atoms with van der Waals surface area (Å²) in [5.41, 5.74) is 0. The lowest BCUT2D eigenvalue weighted by molar-refractivity contribution is 0.139. The van der Waals surface area contributed by atoms with E-state index in [1.165, 1.54) is 0 Å². The maximum atomic E-state index is 11.2. The van der Waals surface area contributed by atoms with Gasteiger partial charge >= 0.3 is 6.09 Å². The molecule has 1 aliphatic heterocycles. The van der Waals surface area contributed by atoms with Gasteiger partial charge in [0.2, 0.25) is 0 Å². The number of hydrogen-bond acceptors (Lipinski definition) is 3. The number of nitrogens with zero attached hydrogens (tertiary/aromatic N) is 2. The average molecular weight is 216 g/mol. The van der Waals surface area contributed by atoms with E-state index in [1.807, 2.05) is 32.8 Å². The summed E-state index contributed by atoms with van der Waals surface area (Å²) in [6.45, 7) is 8.29. The van der Waals surface area contributed by atoms with Gasteiger partial charge in [0.1, 0.15) is 6.61 Å². The third kappa shape index (κ3) is 4.51. The fourth-order valence-corrected chi connectivity index (χ4v) is 1.61. The zero-order valence-corrected chi connectivity index (χ0v) is 10.6. The molecule has 0 spiro atoms. The number of amides is 1. The maximum absolute atomic E-state index is 11.2. The molecule has 90 valence electrons. The van der Waals surface area contributed by atoms with Gasteiger partial charge in [0, 0.05) is 12.6 Å². The molecule has 0 aromatic heterocycles. The second-order valence-corrected chi connectivity index (χ2v) is 3.63. The monoisotopic (exact) mass is 216 g/mol. The second-order valence-electron chi connectivity index (χ2n) is 3.63. The molecule has 1 unspecified atom stereocenters. The minimum atomic E-state index is -0.159. The van der Waals surface area contributed by atoms with Gasteiger partial charge in [-0.25, -0.2) is 4.79 Å².